The van der Waals surface area contributed by atoms with Gasteiger partial charge >= 0.3 is 0 Å². The number of carbonyl (C=O) groups excluding carboxylic acids is 1. The lowest BCUT2D eigenvalue weighted by atomic mass is 10.2. The average molecular weight is 317 g/mol. The summed E-state index contributed by atoms with van der Waals surface area (Å²) in [5, 5.41) is 12.6. The normalized spacial score (nSPS) is 10.2. The van der Waals surface area contributed by atoms with Gasteiger partial charge in [-0.15, -0.1) is 23.1 Å². The lowest BCUT2D eigenvalue weighted by Gasteiger charge is -2.07. The third kappa shape index (κ3) is 3.26. The number of nitrogens with one attached hydrogen (secondary N) is 1. The molecule has 2 heterocycles. The molecule has 108 valence electrons. The van der Waals surface area contributed by atoms with E-state index in [9.17, 15) is 10.1 Å². The molecule has 0 unspecified atom stereocenters. The van der Waals surface area contributed by atoms with Crippen molar-refractivity contribution in [3.63, 3.8) is 0 Å². The van der Waals surface area contributed by atoms with Gasteiger partial charge in [-0.25, -0.2) is 4.98 Å². The number of thiophene rings is 1. The zero-order valence-electron chi connectivity index (χ0n) is 12.1. The van der Waals surface area contributed by atoms with E-state index >= 15 is 0 Å². The van der Waals surface area contributed by atoms with Crippen molar-refractivity contribution in [3.05, 3.63) is 40.0 Å². The summed E-state index contributed by atoms with van der Waals surface area (Å²) in [6.07, 6.45) is 1.60. The van der Waals surface area contributed by atoms with E-state index < -0.39 is 0 Å². The highest BCUT2D eigenvalue weighted by molar-refractivity contribution is 7.99. The molecular weight excluding hydrogens is 302 g/mol. The molecule has 0 spiro atoms. The average Bonchev–Trinajstić information content (AvgIpc) is 2.74. The number of aromatic nitrogens is 1. The number of hydrogen-bond donors (Lipinski definition) is 1. The zero-order valence-corrected chi connectivity index (χ0v) is 13.7. The number of aryl methyl sites for hydroxylation is 1. The van der Waals surface area contributed by atoms with Gasteiger partial charge in [0.25, 0.3) is 5.91 Å². The van der Waals surface area contributed by atoms with Gasteiger partial charge in [-0.2, -0.15) is 5.26 Å². The Morgan fingerprint density at radius 2 is 2.29 bits per heavy atom. The van der Waals surface area contributed by atoms with E-state index in [1.165, 1.54) is 11.3 Å². The molecule has 6 heteroatoms. The third-order valence-electron chi connectivity index (χ3n) is 3.01. The smallest absolute Gasteiger partial charge is 0.276 e. The van der Waals surface area contributed by atoms with E-state index in [0.29, 0.717) is 16.3 Å². The Labute approximate surface area is 132 Å². The molecule has 1 N–H and O–H groups in total. The minimum absolute atomic E-state index is 0.274. The highest BCUT2D eigenvalue weighted by atomic mass is 32.2. The van der Waals surface area contributed by atoms with Crippen molar-refractivity contribution in [2.45, 2.75) is 25.7 Å². The van der Waals surface area contributed by atoms with Crippen LogP contribution in [0.4, 0.5) is 5.00 Å². The van der Waals surface area contributed by atoms with Crippen molar-refractivity contribution in [1.29, 1.82) is 5.26 Å². The number of nitriles is 1. The lowest BCUT2D eigenvalue weighted by Crippen LogP contribution is -2.14. The number of thioether (sulfide) groups is 1. The largest absolute Gasteiger partial charge is 0.311 e. The summed E-state index contributed by atoms with van der Waals surface area (Å²) < 4.78 is 0. The molecular formula is C15H15N3OS2. The van der Waals surface area contributed by atoms with Crippen LogP contribution < -0.4 is 5.32 Å². The summed E-state index contributed by atoms with van der Waals surface area (Å²) in [5.41, 5.74) is 1.85. The second kappa shape index (κ2) is 6.74. The van der Waals surface area contributed by atoms with Crippen LogP contribution in [0.15, 0.2) is 23.2 Å². The Bertz CT molecular complexity index is 716. The molecule has 2 aromatic heterocycles. The van der Waals surface area contributed by atoms with E-state index in [4.69, 9.17) is 0 Å². The first-order valence-electron chi connectivity index (χ1n) is 6.47. The van der Waals surface area contributed by atoms with Crippen LogP contribution in [-0.2, 0) is 0 Å². The molecule has 0 radical (unpaired) electrons. The Morgan fingerprint density at radius 1 is 1.52 bits per heavy atom. The lowest BCUT2D eigenvalue weighted by molar-refractivity contribution is 0.101. The van der Waals surface area contributed by atoms with Gasteiger partial charge < -0.3 is 5.32 Å². The van der Waals surface area contributed by atoms with E-state index in [2.05, 4.69) is 16.4 Å². The van der Waals surface area contributed by atoms with Crippen molar-refractivity contribution in [2.75, 3.05) is 11.1 Å². The SMILES string of the molecule is CCSc1cccnc1C(=O)Nc1sc(C)c(C)c1C#N. The molecule has 0 fully saturated rings. The van der Waals surface area contributed by atoms with Crippen LogP contribution in [0.3, 0.4) is 0 Å². The van der Waals surface area contributed by atoms with Crippen LogP contribution >= 0.6 is 23.1 Å². The third-order valence-corrected chi connectivity index (χ3v) is 5.06. The Hall–Kier alpha value is -1.84. The molecule has 0 saturated heterocycles. The van der Waals surface area contributed by atoms with E-state index in [0.717, 1.165) is 21.1 Å². The molecule has 0 aliphatic rings. The highest BCUT2D eigenvalue weighted by Crippen LogP contribution is 2.32. The fourth-order valence-corrected chi connectivity index (χ4v) is 3.62. The van der Waals surface area contributed by atoms with Gasteiger partial charge in [0.2, 0.25) is 0 Å². The van der Waals surface area contributed by atoms with Gasteiger partial charge in [-0.3, -0.25) is 4.79 Å². The molecule has 0 aliphatic heterocycles. The number of carbonyl (C=O) groups is 1. The van der Waals surface area contributed by atoms with Crippen LogP contribution in [0.1, 0.15) is 33.4 Å². The standard InChI is InChI=1S/C15H15N3OS2/c1-4-20-12-6-5-7-17-13(12)14(19)18-15-11(8-16)9(2)10(3)21-15/h5-7H,4H2,1-3H3,(H,18,19). The minimum Gasteiger partial charge on any atom is -0.311 e. The molecule has 2 rings (SSSR count). The monoisotopic (exact) mass is 317 g/mol. The summed E-state index contributed by atoms with van der Waals surface area (Å²) in [5.74, 6) is 0.594. The first-order chi connectivity index (χ1) is 10.1. The maximum atomic E-state index is 12.4. The summed E-state index contributed by atoms with van der Waals surface area (Å²) in [6, 6.07) is 5.85. The van der Waals surface area contributed by atoms with Crippen LogP contribution in [0.2, 0.25) is 0 Å². The summed E-state index contributed by atoms with van der Waals surface area (Å²) >= 11 is 2.99. The molecule has 0 bridgehead atoms. The fourth-order valence-electron chi connectivity index (χ4n) is 1.85. The summed E-state index contributed by atoms with van der Waals surface area (Å²) in [7, 11) is 0. The highest BCUT2D eigenvalue weighted by Gasteiger charge is 2.18. The van der Waals surface area contributed by atoms with Gasteiger partial charge in [-0.05, 0) is 37.3 Å². The number of anilines is 1. The summed E-state index contributed by atoms with van der Waals surface area (Å²) in [6.45, 7) is 5.86. The van der Waals surface area contributed by atoms with Gasteiger partial charge in [0, 0.05) is 16.0 Å². The molecule has 0 saturated carbocycles. The van der Waals surface area contributed by atoms with Gasteiger partial charge in [-0.1, -0.05) is 6.92 Å². The number of rotatable bonds is 4. The van der Waals surface area contributed by atoms with E-state index in [1.807, 2.05) is 32.9 Å². The first kappa shape index (κ1) is 15.5. The zero-order chi connectivity index (χ0) is 15.4. The van der Waals surface area contributed by atoms with Crippen molar-refractivity contribution < 1.29 is 4.79 Å². The van der Waals surface area contributed by atoms with Crippen molar-refractivity contribution in [2.24, 2.45) is 0 Å². The molecule has 4 nitrogen and oxygen atoms in total. The number of hydrogen-bond acceptors (Lipinski definition) is 5. The fraction of sp³-hybridized carbons (Fsp3) is 0.267. The molecule has 21 heavy (non-hydrogen) atoms. The first-order valence-corrected chi connectivity index (χ1v) is 8.28. The summed E-state index contributed by atoms with van der Waals surface area (Å²) in [4.78, 5) is 18.5. The van der Waals surface area contributed by atoms with Crippen LogP contribution in [-0.4, -0.2) is 16.6 Å². The molecule has 0 aromatic carbocycles. The number of amides is 1. The quantitative estimate of drug-likeness (QED) is 0.866. The predicted octanol–water partition coefficient (Wildman–Crippen LogP) is 4.00. The second-order valence-corrected chi connectivity index (χ2v) is 6.87. The Balaban J connectivity index is 2.31. The van der Waals surface area contributed by atoms with Crippen molar-refractivity contribution >= 4 is 34.0 Å². The topological polar surface area (TPSA) is 65.8 Å². The van der Waals surface area contributed by atoms with E-state index in [1.54, 1.807) is 18.0 Å². The van der Waals surface area contributed by atoms with Crippen molar-refractivity contribution in [1.82, 2.24) is 4.98 Å². The molecule has 1 amide bonds. The maximum Gasteiger partial charge on any atom is 0.276 e. The van der Waals surface area contributed by atoms with Gasteiger partial charge in [0.05, 0.1) is 5.56 Å². The van der Waals surface area contributed by atoms with E-state index in [-0.39, 0.29) is 5.91 Å². The van der Waals surface area contributed by atoms with Gasteiger partial charge in [0.1, 0.15) is 16.8 Å². The van der Waals surface area contributed by atoms with Gasteiger partial charge in [0.15, 0.2) is 0 Å². The van der Waals surface area contributed by atoms with Crippen LogP contribution in [0.25, 0.3) is 0 Å². The minimum atomic E-state index is -0.274. The molecule has 0 atom stereocenters. The molecule has 2 aromatic rings. The van der Waals surface area contributed by atoms with Crippen LogP contribution in [0, 0.1) is 25.2 Å². The molecule has 0 aliphatic carbocycles. The number of pyridine rings is 1. The Morgan fingerprint density at radius 3 is 2.95 bits per heavy atom. The van der Waals surface area contributed by atoms with Crippen LogP contribution in [0.5, 0.6) is 0 Å². The maximum absolute atomic E-state index is 12.4. The predicted molar refractivity (Wildman–Crippen MR) is 87.1 cm³/mol. The second-order valence-electron chi connectivity index (χ2n) is 4.34. The van der Waals surface area contributed by atoms with Crippen molar-refractivity contribution in [3.8, 4) is 6.07 Å². The number of nitrogens with zero attached hydrogens (tertiary/aromatic N) is 2. The Kier molecular flexibility index (Phi) is 4.99.